The summed E-state index contributed by atoms with van der Waals surface area (Å²) in [5, 5.41) is 3.80. The van der Waals surface area contributed by atoms with Crippen molar-refractivity contribution in [3.8, 4) is 0 Å². The Labute approximate surface area is 55.7 Å². The number of halogens is 1. The fraction of sp³-hybridized carbons (Fsp3) is 0.250. The van der Waals surface area contributed by atoms with Crippen LogP contribution in [0.4, 0.5) is 0 Å². The van der Waals surface area contributed by atoms with Crippen molar-refractivity contribution < 1.29 is 0 Å². The minimum absolute atomic E-state index is 1.06. The highest BCUT2D eigenvalue weighted by atomic mass is 127. The van der Waals surface area contributed by atoms with Gasteiger partial charge < -0.3 is 0 Å². The normalized spacial score (nSPS) is 9.43. The Hall–Kier alpha value is -0.0600. The molecule has 0 unspecified atom stereocenters. The topological polar surface area (TPSA) is 17.8 Å². The summed E-state index contributed by atoms with van der Waals surface area (Å²) in [6.07, 6.45) is 4.67. The van der Waals surface area contributed by atoms with Gasteiger partial charge in [-0.25, -0.2) is 0 Å². The van der Waals surface area contributed by atoms with Crippen molar-refractivity contribution in [2.24, 2.45) is 7.05 Å². The second-order valence-electron chi connectivity index (χ2n) is 1.26. The molecule has 0 aliphatic rings. The highest BCUT2D eigenvalue weighted by Crippen LogP contribution is 1.97. The second kappa shape index (κ2) is 1.81. The Morgan fingerprint density at radius 1 is 2.00 bits per heavy atom. The van der Waals surface area contributed by atoms with Gasteiger partial charge in [0.2, 0.25) is 0 Å². The molecule has 2 nitrogen and oxygen atoms in total. The minimum atomic E-state index is 1.06. The number of hydrogen-bond acceptors (Lipinski definition) is 1. The van der Waals surface area contributed by atoms with Gasteiger partial charge in [0.05, 0.1) is 3.57 Å². The first-order chi connectivity index (χ1) is 3.29. The molecular formula is C4H4IN2. The monoisotopic (exact) mass is 207 g/mol. The summed E-state index contributed by atoms with van der Waals surface area (Å²) in [5.74, 6) is 0. The Morgan fingerprint density at radius 2 is 2.71 bits per heavy atom. The van der Waals surface area contributed by atoms with Gasteiger partial charge in [-0.05, 0) is 22.6 Å². The number of rotatable bonds is 0. The number of aromatic nitrogens is 2. The van der Waals surface area contributed by atoms with Gasteiger partial charge in [-0.2, -0.15) is 5.10 Å². The van der Waals surface area contributed by atoms with Crippen molar-refractivity contribution in [3.05, 3.63) is 16.0 Å². The largest absolute Gasteiger partial charge is 0.274 e. The fourth-order valence-corrected chi connectivity index (χ4v) is 0.859. The van der Waals surface area contributed by atoms with E-state index >= 15 is 0 Å². The van der Waals surface area contributed by atoms with Crippen LogP contribution in [-0.2, 0) is 7.05 Å². The molecule has 1 aromatic heterocycles. The first-order valence-electron chi connectivity index (χ1n) is 1.86. The zero-order valence-corrected chi connectivity index (χ0v) is 6.01. The van der Waals surface area contributed by atoms with E-state index in [1.165, 1.54) is 0 Å². The average Bonchev–Trinajstić information content (AvgIpc) is 1.87. The standard InChI is InChI=1S/C4H4IN2/c1-7-3-4(5)2-6-7/h3H,1H3. The van der Waals surface area contributed by atoms with E-state index in [2.05, 4.69) is 33.9 Å². The molecule has 0 fully saturated rings. The van der Waals surface area contributed by atoms with E-state index in [4.69, 9.17) is 0 Å². The maximum Gasteiger partial charge on any atom is 0.127 e. The lowest BCUT2D eigenvalue weighted by Gasteiger charge is -1.77. The molecule has 0 N–H and O–H groups in total. The van der Waals surface area contributed by atoms with Gasteiger partial charge in [-0.15, -0.1) is 0 Å². The maximum atomic E-state index is 3.80. The molecule has 1 heterocycles. The third-order valence-corrected chi connectivity index (χ3v) is 1.13. The molecule has 0 spiro atoms. The van der Waals surface area contributed by atoms with Crippen molar-refractivity contribution in [3.63, 3.8) is 0 Å². The minimum Gasteiger partial charge on any atom is -0.274 e. The lowest BCUT2D eigenvalue weighted by Crippen LogP contribution is -1.83. The van der Waals surface area contributed by atoms with Crippen molar-refractivity contribution >= 4 is 22.6 Å². The number of aryl methyl sites for hydroxylation is 1. The summed E-state index contributed by atoms with van der Waals surface area (Å²) >= 11 is 2.16. The van der Waals surface area contributed by atoms with Gasteiger partial charge in [0.15, 0.2) is 0 Å². The summed E-state index contributed by atoms with van der Waals surface area (Å²) in [4.78, 5) is 0. The van der Waals surface area contributed by atoms with E-state index < -0.39 is 0 Å². The van der Waals surface area contributed by atoms with Crippen LogP contribution in [0, 0.1) is 9.77 Å². The Balaban J connectivity index is 3.04. The van der Waals surface area contributed by atoms with Crippen LogP contribution < -0.4 is 0 Å². The number of nitrogens with zero attached hydrogens (tertiary/aromatic N) is 2. The average molecular weight is 207 g/mol. The zero-order chi connectivity index (χ0) is 5.28. The smallest absolute Gasteiger partial charge is 0.127 e. The van der Waals surface area contributed by atoms with Crippen LogP contribution >= 0.6 is 22.6 Å². The Bertz CT molecular complexity index is 142. The maximum absolute atomic E-state index is 3.80. The van der Waals surface area contributed by atoms with Crippen LogP contribution in [0.1, 0.15) is 0 Å². The van der Waals surface area contributed by atoms with E-state index in [1.54, 1.807) is 4.68 Å². The molecule has 1 radical (unpaired) electrons. The van der Waals surface area contributed by atoms with Gasteiger partial charge in [0, 0.05) is 13.2 Å². The van der Waals surface area contributed by atoms with Gasteiger partial charge in [-0.3, -0.25) is 4.68 Å². The fourth-order valence-electron chi connectivity index (χ4n) is 0.348. The summed E-state index contributed by atoms with van der Waals surface area (Å²) in [6, 6.07) is 0. The van der Waals surface area contributed by atoms with Crippen LogP contribution in [-0.4, -0.2) is 9.78 Å². The molecule has 0 amide bonds. The molecule has 0 saturated heterocycles. The van der Waals surface area contributed by atoms with Crippen LogP contribution in [0.25, 0.3) is 0 Å². The molecule has 0 aliphatic heterocycles. The quantitative estimate of drug-likeness (QED) is 0.576. The van der Waals surface area contributed by atoms with Crippen molar-refractivity contribution in [1.29, 1.82) is 0 Å². The van der Waals surface area contributed by atoms with Crippen molar-refractivity contribution in [1.82, 2.24) is 9.78 Å². The zero-order valence-electron chi connectivity index (χ0n) is 3.85. The van der Waals surface area contributed by atoms with E-state index in [1.807, 2.05) is 13.2 Å². The third-order valence-electron chi connectivity index (χ3n) is 0.615. The Kier molecular flexibility index (Phi) is 1.32. The first-order valence-corrected chi connectivity index (χ1v) is 2.94. The molecule has 0 bridgehead atoms. The molecule has 0 aliphatic carbocycles. The molecule has 0 saturated carbocycles. The van der Waals surface area contributed by atoms with E-state index in [-0.39, 0.29) is 0 Å². The lowest BCUT2D eigenvalue weighted by molar-refractivity contribution is 0.765. The molecule has 0 aromatic carbocycles. The van der Waals surface area contributed by atoms with Crippen molar-refractivity contribution in [2.45, 2.75) is 0 Å². The van der Waals surface area contributed by atoms with E-state index in [9.17, 15) is 0 Å². The van der Waals surface area contributed by atoms with E-state index in [0.717, 1.165) is 3.57 Å². The summed E-state index contributed by atoms with van der Waals surface area (Å²) < 4.78 is 2.78. The van der Waals surface area contributed by atoms with Gasteiger partial charge in [0.25, 0.3) is 0 Å². The van der Waals surface area contributed by atoms with Crippen LogP contribution in [0.3, 0.4) is 0 Å². The first kappa shape index (κ1) is 5.08. The summed E-state index contributed by atoms with van der Waals surface area (Å²) in [5.41, 5.74) is 0. The lowest BCUT2D eigenvalue weighted by atomic mass is 10.8. The Morgan fingerprint density at radius 3 is 2.86 bits per heavy atom. The third kappa shape index (κ3) is 1.15. The molecule has 37 valence electrons. The molecule has 3 heteroatoms. The molecule has 1 rings (SSSR count). The predicted molar refractivity (Wildman–Crippen MR) is 34.8 cm³/mol. The summed E-state index contributed by atoms with van der Waals surface area (Å²) in [6.45, 7) is 0. The predicted octanol–water partition coefficient (Wildman–Crippen LogP) is 0.825. The van der Waals surface area contributed by atoms with Crippen molar-refractivity contribution in [2.75, 3.05) is 0 Å². The summed E-state index contributed by atoms with van der Waals surface area (Å²) in [7, 11) is 1.87. The SMILES string of the molecule is Cn1cc(I)[c]n1. The molecule has 0 atom stereocenters. The van der Waals surface area contributed by atoms with Crippen LogP contribution in [0.15, 0.2) is 6.20 Å². The highest BCUT2D eigenvalue weighted by Gasteiger charge is 1.85. The second-order valence-corrected chi connectivity index (χ2v) is 2.42. The molecule has 1 aromatic rings. The van der Waals surface area contributed by atoms with Crippen LogP contribution in [0.5, 0.6) is 0 Å². The van der Waals surface area contributed by atoms with Crippen LogP contribution in [0.2, 0.25) is 0 Å². The van der Waals surface area contributed by atoms with Gasteiger partial charge in [0.1, 0.15) is 6.20 Å². The highest BCUT2D eigenvalue weighted by molar-refractivity contribution is 14.1. The number of hydrogen-bond donors (Lipinski definition) is 0. The van der Waals surface area contributed by atoms with Gasteiger partial charge in [-0.1, -0.05) is 0 Å². The van der Waals surface area contributed by atoms with E-state index in [0.29, 0.717) is 0 Å². The molecule has 7 heavy (non-hydrogen) atoms. The molecular weight excluding hydrogens is 203 g/mol. The van der Waals surface area contributed by atoms with Gasteiger partial charge >= 0.3 is 0 Å².